The third-order valence-electron chi connectivity index (χ3n) is 5.36. The molecule has 0 aromatic heterocycles. The molecule has 1 fully saturated rings. The molecule has 2 unspecified atom stereocenters. The number of ether oxygens (including phenoxy) is 4. The SMILES string of the molecule is CCCCCCCCC(C)C(CCCOCC1CO1)(OCCC)OCCC. The minimum Gasteiger partial charge on any atom is -0.379 e. The summed E-state index contributed by atoms with van der Waals surface area (Å²) in [4.78, 5) is 0. The number of unbranched alkanes of at least 4 members (excludes halogenated alkanes) is 5. The Hall–Kier alpha value is -0.160. The molecule has 27 heavy (non-hydrogen) atoms. The van der Waals surface area contributed by atoms with E-state index in [9.17, 15) is 0 Å². The first-order valence-electron chi connectivity index (χ1n) is 11.7. The van der Waals surface area contributed by atoms with Crippen molar-refractivity contribution in [3.05, 3.63) is 0 Å². The van der Waals surface area contributed by atoms with Crippen LogP contribution in [0, 0.1) is 5.92 Å². The Morgan fingerprint density at radius 3 is 2.07 bits per heavy atom. The molecule has 1 rings (SSSR count). The van der Waals surface area contributed by atoms with Crippen molar-refractivity contribution in [2.45, 2.75) is 110 Å². The fraction of sp³-hybridized carbons (Fsp3) is 1.00. The average molecular weight is 387 g/mol. The Bertz CT molecular complexity index is 322. The van der Waals surface area contributed by atoms with E-state index >= 15 is 0 Å². The van der Waals surface area contributed by atoms with Crippen LogP contribution in [0.4, 0.5) is 0 Å². The second kappa shape index (κ2) is 15.7. The highest BCUT2D eigenvalue weighted by Gasteiger charge is 2.37. The van der Waals surface area contributed by atoms with Crippen LogP contribution in [0.1, 0.15) is 98.3 Å². The molecule has 1 saturated heterocycles. The van der Waals surface area contributed by atoms with Crippen LogP contribution < -0.4 is 0 Å². The van der Waals surface area contributed by atoms with Crippen LogP contribution in [-0.4, -0.2) is 44.9 Å². The van der Waals surface area contributed by atoms with E-state index < -0.39 is 5.79 Å². The molecule has 1 heterocycles. The first-order chi connectivity index (χ1) is 13.2. The molecule has 1 aliphatic heterocycles. The predicted molar refractivity (Wildman–Crippen MR) is 112 cm³/mol. The van der Waals surface area contributed by atoms with Crippen molar-refractivity contribution in [3.63, 3.8) is 0 Å². The average Bonchev–Trinajstić information content (AvgIpc) is 3.50. The lowest BCUT2D eigenvalue weighted by molar-refractivity contribution is -0.271. The highest BCUT2D eigenvalue weighted by atomic mass is 16.7. The van der Waals surface area contributed by atoms with Gasteiger partial charge in [0.05, 0.1) is 13.2 Å². The summed E-state index contributed by atoms with van der Waals surface area (Å²) in [7, 11) is 0. The Labute approximate surface area is 168 Å². The van der Waals surface area contributed by atoms with Gasteiger partial charge in [-0.05, 0) is 25.7 Å². The zero-order chi connectivity index (χ0) is 19.8. The van der Waals surface area contributed by atoms with Gasteiger partial charge in [0.25, 0.3) is 0 Å². The van der Waals surface area contributed by atoms with Crippen LogP contribution in [0.2, 0.25) is 0 Å². The fourth-order valence-corrected chi connectivity index (χ4v) is 3.52. The van der Waals surface area contributed by atoms with Gasteiger partial charge in [0, 0.05) is 32.2 Å². The lowest BCUT2D eigenvalue weighted by atomic mass is 9.90. The Morgan fingerprint density at radius 2 is 1.48 bits per heavy atom. The summed E-state index contributed by atoms with van der Waals surface area (Å²) in [5.74, 6) is -0.0388. The van der Waals surface area contributed by atoms with Gasteiger partial charge in [0.2, 0.25) is 0 Å². The Kier molecular flexibility index (Phi) is 14.5. The van der Waals surface area contributed by atoms with E-state index in [4.69, 9.17) is 18.9 Å². The van der Waals surface area contributed by atoms with Gasteiger partial charge in [-0.3, -0.25) is 0 Å². The second-order valence-corrected chi connectivity index (χ2v) is 8.10. The molecule has 4 heteroatoms. The summed E-state index contributed by atoms with van der Waals surface area (Å²) in [5, 5.41) is 0. The van der Waals surface area contributed by atoms with Gasteiger partial charge < -0.3 is 18.9 Å². The normalized spacial score (nSPS) is 18.0. The number of hydrogen-bond acceptors (Lipinski definition) is 4. The molecule has 0 radical (unpaired) electrons. The molecule has 2 atom stereocenters. The highest BCUT2D eigenvalue weighted by Crippen LogP contribution is 2.33. The Morgan fingerprint density at radius 1 is 0.852 bits per heavy atom. The number of epoxide rings is 1. The van der Waals surface area contributed by atoms with Gasteiger partial charge in [-0.1, -0.05) is 66.2 Å². The van der Waals surface area contributed by atoms with Gasteiger partial charge in [-0.2, -0.15) is 0 Å². The van der Waals surface area contributed by atoms with E-state index in [-0.39, 0.29) is 0 Å². The van der Waals surface area contributed by atoms with Gasteiger partial charge in [-0.25, -0.2) is 0 Å². The maximum absolute atomic E-state index is 6.38. The van der Waals surface area contributed by atoms with Crippen LogP contribution in [-0.2, 0) is 18.9 Å². The minimum atomic E-state index is -0.450. The first-order valence-corrected chi connectivity index (χ1v) is 11.7. The van der Waals surface area contributed by atoms with Crippen molar-refractivity contribution in [3.8, 4) is 0 Å². The van der Waals surface area contributed by atoms with Crippen molar-refractivity contribution in [1.29, 1.82) is 0 Å². The van der Waals surface area contributed by atoms with E-state index in [0.29, 0.717) is 12.0 Å². The van der Waals surface area contributed by atoms with Crippen molar-refractivity contribution < 1.29 is 18.9 Å². The molecule has 162 valence electrons. The molecule has 0 saturated carbocycles. The monoisotopic (exact) mass is 386 g/mol. The van der Waals surface area contributed by atoms with Crippen LogP contribution in [0.15, 0.2) is 0 Å². The van der Waals surface area contributed by atoms with Crippen LogP contribution in [0.5, 0.6) is 0 Å². The summed E-state index contributed by atoms with van der Waals surface area (Å²) in [6.45, 7) is 12.8. The lowest BCUT2D eigenvalue weighted by Gasteiger charge is -2.39. The maximum Gasteiger partial charge on any atom is 0.170 e. The topological polar surface area (TPSA) is 40.2 Å². The van der Waals surface area contributed by atoms with E-state index in [1.165, 1.54) is 44.9 Å². The second-order valence-electron chi connectivity index (χ2n) is 8.10. The third kappa shape index (κ3) is 11.4. The molecule has 0 aromatic rings. The number of hydrogen-bond donors (Lipinski definition) is 0. The summed E-state index contributed by atoms with van der Waals surface area (Å²) in [5.41, 5.74) is 0. The van der Waals surface area contributed by atoms with Gasteiger partial charge in [-0.15, -0.1) is 0 Å². The molecule has 0 amide bonds. The predicted octanol–water partition coefficient (Wildman–Crippen LogP) is 6.12. The van der Waals surface area contributed by atoms with Gasteiger partial charge >= 0.3 is 0 Å². The largest absolute Gasteiger partial charge is 0.379 e. The summed E-state index contributed by atoms with van der Waals surface area (Å²) in [6, 6.07) is 0. The molecule has 4 nitrogen and oxygen atoms in total. The van der Waals surface area contributed by atoms with Crippen molar-refractivity contribution >= 4 is 0 Å². The molecular formula is C23H46O4. The van der Waals surface area contributed by atoms with Gasteiger partial charge in [0.1, 0.15) is 6.10 Å². The van der Waals surface area contributed by atoms with E-state index in [1.807, 2.05) is 0 Å². The highest BCUT2D eigenvalue weighted by molar-refractivity contribution is 4.78. The van der Waals surface area contributed by atoms with E-state index in [0.717, 1.165) is 58.7 Å². The van der Waals surface area contributed by atoms with Gasteiger partial charge in [0.15, 0.2) is 5.79 Å². The summed E-state index contributed by atoms with van der Waals surface area (Å²) in [6.07, 6.45) is 13.5. The fourth-order valence-electron chi connectivity index (χ4n) is 3.52. The molecule has 0 aromatic carbocycles. The molecule has 1 aliphatic rings. The van der Waals surface area contributed by atoms with E-state index in [1.54, 1.807) is 0 Å². The van der Waals surface area contributed by atoms with Crippen molar-refractivity contribution in [2.24, 2.45) is 5.92 Å². The lowest BCUT2D eigenvalue weighted by Crippen LogP contribution is -2.43. The van der Waals surface area contributed by atoms with Crippen LogP contribution in [0.3, 0.4) is 0 Å². The standard InChI is InChI=1S/C23H46O4/c1-5-8-9-10-11-12-14-21(4)23(26-16-6-2,27-17-7-3)15-13-18-24-19-22-20-25-22/h21-22H,5-20H2,1-4H3. The smallest absolute Gasteiger partial charge is 0.170 e. The summed E-state index contributed by atoms with van der Waals surface area (Å²) >= 11 is 0. The molecular weight excluding hydrogens is 340 g/mol. The minimum absolute atomic E-state index is 0.342. The van der Waals surface area contributed by atoms with Crippen molar-refractivity contribution in [1.82, 2.24) is 0 Å². The van der Waals surface area contributed by atoms with Crippen LogP contribution in [0.25, 0.3) is 0 Å². The third-order valence-corrected chi connectivity index (χ3v) is 5.36. The zero-order valence-corrected chi connectivity index (χ0v) is 18.6. The quantitative estimate of drug-likeness (QED) is 0.144. The molecule has 0 aliphatic carbocycles. The van der Waals surface area contributed by atoms with Crippen molar-refractivity contribution in [2.75, 3.05) is 33.0 Å². The summed E-state index contributed by atoms with van der Waals surface area (Å²) < 4.78 is 23.7. The molecule has 0 N–H and O–H groups in total. The molecule has 0 bridgehead atoms. The Balaban J connectivity index is 2.46. The molecule has 0 spiro atoms. The first kappa shape index (κ1) is 24.9. The number of rotatable bonds is 20. The maximum atomic E-state index is 6.38. The van der Waals surface area contributed by atoms with E-state index in [2.05, 4.69) is 27.7 Å². The van der Waals surface area contributed by atoms with Crippen LogP contribution >= 0.6 is 0 Å². The zero-order valence-electron chi connectivity index (χ0n) is 18.6.